The maximum atomic E-state index is 13.9. The van der Waals surface area contributed by atoms with E-state index < -0.39 is 0 Å². The maximum absolute atomic E-state index is 13.9. The number of aliphatic hydroxyl groups excluding tert-OH is 1. The molecule has 0 aromatic carbocycles. The summed E-state index contributed by atoms with van der Waals surface area (Å²) in [5.41, 5.74) is 0. The molecule has 2 amide bonds. The first kappa shape index (κ1) is 66.9. The summed E-state index contributed by atoms with van der Waals surface area (Å²) < 4.78 is 0. The average molecular weight is 987 g/mol. The largest absolute Gasteiger partial charge is 0.393 e. The summed E-state index contributed by atoms with van der Waals surface area (Å²) >= 11 is 0. The molecule has 0 aliphatic heterocycles. The van der Waals surface area contributed by atoms with Crippen molar-refractivity contribution >= 4 is 11.8 Å². The molecule has 0 saturated heterocycles. The number of nitrogens with zero attached hydrogens (tertiary/aromatic N) is 3. The summed E-state index contributed by atoms with van der Waals surface area (Å²) in [5, 5.41) is 10.3. The van der Waals surface area contributed by atoms with Crippen molar-refractivity contribution < 1.29 is 14.7 Å². The van der Waals surface area contributed by atoms with Gasteiger partial charge in [0.1, 0.15) is 0 Å². The van der Waals surface area contributed by atoms with E-state index in [1.807, 2.05) is 0 Å². The summed E-state index contributed by atoms with van der Waals surface area (Å²) in [6, 6.07) is 1.49. The molecule has 0 radical (unpaired) electrons. The summed E-state index contributed by atoms with van der Waals surface area (Å²) in [4.78, 5) is 35.4. The molecular weight excluding hydrogens is 859 g/mol. The molecule has 6 nitrogen and oxygen atoms in total. The van der Waals surface area contributed by atoms with Gasteiger partial charge in [-0.3, -0.25) is 9.59 Å². The van der Waals surface area contributed by atoms with E-state index in [1.54, 1.807) is 0 Å². The molecule has 70 heavy (non-hydrogen) atoms. The lowest BCUT2D eigenvalue weighted by atomic mass is 9.91. The molecule has 0 atom stereocenters. The summed E-state index contributed by atoms with van der Waals surface area (Å²) in [6.07, 6.45) is 58.6. The van der Waals surface area contributed by atoms with Crippen LogP contribution in [0, 0.1) is 0 Å². The fourth-order valence-corrected chi connectivity index (χ4v) is 11.7. The second-order valence-corrected chi connectivity index (χ2v) is 22.9. The Morgan fingerprint density at radius 3 is 0.929 bits per heavy atom. The third kappa shape index (κ3) is 36.7. The molecular formula is C64H127N3O3. The number of rotatable bonds is 53. The van der Waals surface area contributed by atoms with Gasteiger partial charge in [0.15, 0.2) is 0 Å². The third-order valence-corrected chi connectivity index (χ3v) is 16.4. The number of carbonyl (C=O) groups is 2. The minimum atomic E-state index is -0.109. The van der Waals surface area contributed by atoms with Crippen molar-refractivity contribution in [2.45, 2.75) is 374 Å². The lowest BCUT2D eigenvalue weighted by Gasteiger charge is -2.36. The Balaban J connectivity index is 2.63. The van der Waals surface area contributed by atoms with Gasteiger partial charge in [0.2, 0.25) is 11.8 Å². The Labute approximate surface area is 439 Å². The van der Waals surface area contributed by atoms with Gasteiger partial charge in [-0.05, 0) is 103 Å². The van der Waals surface area contributed by atoms with Crippen LogP contribution in [0.15, 0.2) is 0 Å². The van der Waals surface area contributed by atoms with Gasteiger partial charge in [-0.25, -0.2) is 0 Å². The van der Waals surface area contributed by atoms with E-state index in [9.17, 15) is 14.7 Å². The third-order valence-electron chi connectivity index (χ3n) is 16.4. The number of carbonyl (C=O) groups excluding carboxylic acids is 2. The monoisotopic (exact) mass is 986 g/mol. The van der Waals surface area contributed by atoms with Crippen molar-refractivity contribution in [2.75, 3.05) is 26.2 Å². The van der Waals surface area contributed by atoms with E-state index in [0.29, 0.717) is 29.9 Å². The molecule has 1 rings (SSSR count). The normalized spacial score (nSPS) is 15.2. The number of amides is 2. The summed E-state index contributed by atoms with van der Waals surface area (Å²) in [5.74, 6) is 0.876. The average Bonchev–Trinajstić information content (AvgIpc) is 3.36. The first-order valence-corrected chi connectivity index (χ1v) is 32.4. The van der Waals surface area contributed by atoms with Crippen LogP contribution in [0.4, 0.5) is 0 Å². The highest BCUT2D eigenvalue weighted by atomic mass is 16.3. The highest BCUT2D eigenvalue weighted by Gasteiger charge is 2.26. The molecule has 1 aliphatic rings. The minimum absolute atomic E-state index is 0.109. The first-order chi connectivity index (χ1) is 34.4. The van der Waals surface area contributed by atoms with Crippen molar-refractivity contribution in [3.8, 4) is 0 Å². The van der Waals surface area contributed by atoms with E-state index in [4.69, 9.17) is 0 Å². The van der Waals surface area contributed by atoms with Gasteiger partial charge in [-0.15, -0.1) is 0 Å². The van der Waals surface area contributed by atoms with Gasteiger partial charge < -0.3 is 19.8 Å². The standard InChI is InChI=1S/C64H127N3O3/c1-7-13-19-23-29-37-45-60(46-38-30-24-20-14-8-2)66(57-17-11-5)63(69)49-41-33-27-35-43-55-65(59-51-53-62(68)54-52-59)56-44-36-28-34-42-50-64(70)67(58-18-12-6)61(47-39-31-25-21-15-9-3)48-40-32-26-22-16-10-4/h59-62,68H,7-58H2,1-6H3. The van der Waals surface area contributed by atoms with Crippen molar-refractivity contribution in [1.29, 1.82) is 0 Å². The van der Waals surface area contributed by atoms with E-state index >= 15 is 0 Å². The van der Waals surface area contributed by atoms with Crippen LogP contribution in [-0.2, 0) is 9.59 Å². The fourth-order valence-electron chi connectivity index (χ4n) is 11.7. The van der Waals surface area contributed by atoms with Gasteiger partial charge in [0.25, 0.3) is 0 Å². The highest BCUT2D eigenvalue weighted by molar-refractivity contribution is 5.77. The topological polar surface area (TPSA) is 64.1 Å². The molecule has 416 valence electrons. The lowest BCUT2D eigenvalue weighted by molar-refractivity contribution is -0.135. The second-order valence-electron chi connectivity index (χ2n) is 22.9. The molecule has 1 N–H and O–H groups in total. The molecule has 1 saturated carbocycles. The number of hydrogen-bond donors (Lipinski definition) is 1. The Kier molecular flexibility index (Phi) is 47.8. The van der Waals surface area contributed by atoms with Crippen LogP contribution in [0.5, 0.6) is 0 Å². The molecule has 0 spiro atoms. The van der Waals surface area contributed by atoms with Crippen molar-refractivity contribution in [2.24, 2.45) is 0 Å². The highest BCUT2D eigenvalue weighted by Crippen LogP contribution is 2.26. The molecule has 0 bridgehead atoms. The van der Waals surface area contributed by atoms with Gasteiger partial charge in [-0.1, -0.05) is 247 Å². The van der Waals surface area contributed by atoms with E-state index in [2.05, 4.69) is 56.2 Å². The zero-order valence-electron chi connectivity index (χ0n) is 48.7. The van der Waals surface area contributed by atoms with Crippen LogP contribution in [0.1, 0.15) is 350 Å². The van der Waals surface area contributed by atoms with Gasteiger partial charge in [0, 0.05) is 44.1 Å². The minimum Gasteiger partial charge on any atom is -0.393 e. The molecule has 1 fully saturated rings. The number of hydrogen-bond acceptors (Lipinski definition) is 4. The predicted octanol–water partition coefficient (Wildman–Crippen LogP) is 19.3. The second kappa shape index (κ2) is 50.0. The van der Waals surface area contributed by atoms with Crippen LogP contribution in [0.3, 0.4) is 0 Å². The molecule has 0 unspecified atom stereocenters. The maximum Gasteiger partial charge on any atom is 0.222 e. The van der Waals surface area contributed by atoms with Crippen LogP contribution in [0.2, 0.25) is 0 Å². The van der Waals surface area contributed by atoms with Crippen molar-refractivity contribution in [3.05, 3.63) is 0 Å². The quantitative estimate of drug-likeness (QED) is 0.0617. The van der Waals surface area contributed by atoms with E-state index in [-0.39, 0.29) is 6.10 Å². The lowest BCUT2D eigenvalue weighted by Crippen LogP contribution is -2.41. The van der Waals surface area contributed by atoms with Crippen LogP contribution < -0.4 is 0 Å². The smallest absolute Gasteiger partial charge is 0.222 e. The Hall–Kier alpha value is -1.14. The Bertz CT molecular complexity index is 1000. The molecule has 0 aromatic rings. The first-order valence-electron chi connectivity index (χ1n) is 32.4. The fraction of sp³-hybridized carbons (Fsp3) is 0.969. The molecule has 0 heterocycles. The van der Waals surface area contributed by atoms with Crippen LogP contribution >= 0.6 is 0 Å². The van der Waals surface area contributed by atoms with Gasteiger partial charge >= 0.3 is 0 Å². The van der Waals surface area contributed by atoms with Crippen LogP contribution in [0.25, 0.3) is 0 Å². The molecule has 6 heteroatoms. The van der Waals surface area contributed by atoms with Gasteiger partial charge in [0.05, 0.1) is 6.10 Å². The SMILES string of the molecule is CCCCCCCCC(CCCCCCCC)N(CCCC)C(=O)CCCCCCCN(CCCCCCCC(=O)N(CCCC)C(CCCCCCCC)CCCCCCCC)C1CCC(O)CC1. The Morgan fingerprint density at radius 2 is 0.614 bits per heavy atom. The van der Waals surface area contributed by atoms with Gasteiger partial charge in [-0.2, -0.15) is 0 Å². The molecule has 0 aromatic heterocycles. The van der Waals surface area contributed by atoms with Crippen LogP contribution in [-0.4, -0.2) is 82.0 Å². The number of unbranched alkanes of at least 4 members (excludes halogenated alkanes) is 30. The zero-order chi connectivity index (χ0) is 51.0. The Morgan fingerprint density at radius 1 is 0.343 bits per heavy atom. The van der Waals surface area contributed by atoms with Crippen molar-refractivity contribution in [1.82, 2.24) is 14.7 Å². The summed E-state index contributed by atoms with van der Waals surface area (Å²) in [6.45, 7) is 18.0. The predicted molar refractivity (Wildman–Crippen MR) is 308 cm³/mol. The van der Waals surface area contributed by atoms with Crippen molar-refractivity contribution in [3.63, 3.8) is 0 Å². The summed E-state index contributed by atoms with van der Waals surface area (Å²) in [7, 11) is 0. The zero-order valence-corrected chi connectivity index (χ0v) is 48.7. The number of aliphatic hydroxyl groups is 1. The molecule has 1 aliphatic carbocycles. The van der Waals surface area contributed by atoms with E-state index in [1.165, 1.54) is 244 Å². The van der Waals surface area contributed by atoms with E-state index in [0.717, 1.165) is 90.1 Å².